The molecular formula is C20H11NO5. The molecule has 6 heteroatoms. The molecule has 3 aromatic rings. The number of benzene rings is 2. The Bertz CT molecular complexity index is 962. The number of fused-ring (bicyclic) bond motifs is 2. The van der Waals surface area contributed by atoms with E-state index in [2.05, 4.69) is 9.72 Å². The minimum Gasteiger partial charge on any atom is -0.438 e. The van der Waals surface area contributed by atoms with Gasteiger partial charge in [0.05, 0.1) is 5.56 Å². The second-order valence-corrected chi connectivity index (χ2v) is 5.92. The summed E-state index contributed by atoms with van der Waals surface area (Å²) in [5.41, 5.74) is 1.54. The van der Waals surface area contributed by atoms with Crippen LogP contribution in [0.2, 0.25) is 0 Å². The predicted molar refractivity (Wildman–Crippen MR) is 88.9 cm³/mol. The van der Waals surface area contributed by atoms with Crippen molar-refractivity contribution in [3.05, 3.63) is 89.1 Å². The zero-order chi connectivity index (χ0) is 17.7. The molecule has 126 valence electrons. The number of nitrogens with zero attached hydrogens (tertiary/aromatic N) is 1. The van der Waals surface area contributed by atoms with Crippen molar-refractivity contribution in [2.45, 2.75) is 5.79 Å². The monoisotopic (exact) mass is 345 g/mol. The largest absolute Gasteiger partial charge is 0.438 e. The molecule has 3 heterocycles. The third-order valence-corrected chi connectivity index (χ3v) is 4.36. The fourth-order valence-electron chi connectivity index (χ4n) is 3.15. The summed E-state index contributed by atoms with van der Waals surface area (Å²) in [4.78, 5) is 27.7. The summed E-state index contributed by atoms with van der Waals surface area (Å²) in [5.74, 6) is -2.35. The molecule has 0 N–H and O–H groups in total. The summed E-state index contributed by atoms with van der Waals surface area (Å²) in [5, 5.41) is 0. The summed E-state index contributed by atoms with van der Waals surface area (Å²) in [6.07, 6.45) is 0. The molecule has 0 radical (unpaired) electrons. The molecule has 1 aromatic heterocycles. The van der Waals surface area contributed by atoms with Crippen molar-refractivity contribution >= 4 is 11.9 Å². The van der Waals surface area contributed by atoms with Crippen LogP contribution in [0.25, 0.3) is 0 Å². The average Bonchev–Trinajstić information content (AvgIpc) is 3.20. The third-order valence-electron chi connectivity index (χ3n) is 4.36. The number of carbonyl (C=O) groups excluding carboxylic acids is 2. The fourth-order valence-corrected chi connectivity index (χ4v) is 3.15. The number of aromatic nitrogens is 1. The van der Waals surface area contributed by atoms with Gasteiger partial charge in [-0.05, 0) is 0 Å². The van der Waals surface area contributed by atoms with Crippen LogP contribution in [-0.4, -0.2) is 16.9 Å². The Kier molecular flexibility index (Phi) is 2.91. The Morgan fingerprint density at radius 2 is 1.38 bits per heavy atom. The van der Waals surface area contributed by atoms with Gasteiger partial charge in [0, 0.05) is 17.2 Å². The van der Waals surface area contributed by atoms with Crippen LogP contribution >= 0.6 is 0 Å². The molecule has 6 nitrogen and oxygen atoms in total. The molecule has 0 aliphatic carbocycles. The number of ether oxygens (including phenoxy) is 3. The van der Waals surface area contributed by atoms with Gasteiger partial charge in [-0.25, -0.2) is 14.6 Å². The summed E-state index contributed by atoms with van der Waals surface area (Å²) in [6, 6.07) is 20.3. The SMILES string of the molecule is O=C1OC(=O)c2nc3c(cc21)OC(c1ccccc1)(c1ccccc1)O3. The Balaban J connectivity index is 1.69. The molecule has 2 aliphatic heterocycles. The highest BCUT2D eigenvalue weighted by Crippen LogP contribution is 2.47. The van der Waals surface area contributed by atoms with Crippen LogP contribution in [0.1, 0.15) is 32.0 Å². The molecule has 0 amide bonds. The molecule has 0 bridgehead atoms. The van der Waals surface area contributed by atoms with E-state index in [4.69, 9.17) is 9.47 Å². The van der Waals surface area contributed by atoms with Gasteiger partial charge in [-0.1, -0.05) is 60.7 Å². The maximum atomic E-state index is 11.8. The van der Waals surface area contributed by atoms with Crippen LogP contribution in [0.4, 0.5) is 0 Å². The molecule has 2 aromatic carbocycles. The van der Waals surface area contributed by atoms with Crippen molar-refractivity contribution in [2.75, 3.05) is 0 Å². The van der Waals surface area contributed by atoms with Crippen molar-refractivity contribution in [1.82, 2.24) is 4.98 Å². The molecule has 0 unspecified atom stereocenters. The van der Waals surface area contributed by atoms with Crippen LogP contribution in [-0.2, 0) is 10.5 Å². The first-order chi connectivity index (χ1) is 12.7. The topological polar surface area (TPSA) is 74.7 Å². The van der Waals surface area contributed by atoms with Crippen molar-refractivity contribution in [2.24, 2.45) is 0 Å². The lowest BCUT2D eigenvalue weighted by Gasteiger charge is -2.28. The Morgan fingerprint density at radius 3 is 2.00 bits per heavy atom. The third kappa shape index (κ3) is 1.96. The van der Waals surface area contributed by atoms with Gasteiger partial charge in [-0.2, -0.15) is 0 Å². The fraction of sp³-hybridized carbons (Fsp3) is 0.0500. The van der Waals surface area contributed by atoms with Gasteiger partial charge in [0.25, 0.3) is 5.88 Å². The quantitative estimate of drug-likeness (QED) is 0.525. The van der Waals surface area contributed by atoms with Gasteiger partial charge in [-0.15, -0.1) is 0 Å². The van der Waals surface area contributed by atoms with Gasteiger partial charge < -0.3 is 14.2 Å². The minimum absolute atomic E-state index is 0.0609. The molecule has 0 spiro atoms. The second kappa shape index (κ2) is 5.16. The van der Waals surface area contributed by atoms with E-state index >= 15 is 0 Å². The number of hydrogen-bond acceptors (Lipinski definition) is 6. The Hall–Kier alpha value is -3.67. The number of cyclic esters (lactones) is 2. The molecule has 0 fully saturated rings. The zero-order valence-electron chi connectivity index (χ0n) is 13.3. The highest BCUT2D eigenvalue weighted by atomic mass is 16.7. The molecule has 0 saturated heterocycles. The van der Waals surface area contributed by atoms with E-state index in [0.29, 0.717) is 0 Å². The first-order valence-corrected chi connectivity index (χ1v) is 7.98. The highest BCUT2D eigenvalue weighted by molar-refractivity contribution is 6.13. The summed E-state index contributed by atoms with van der Waals surface area (Å²) >= 11 is 0. The maximum Gasteiger partial charge on any atom is 0.365 e. The molecule has 5 rings (SSSR count). The maximum absolute atomic E-state index is 11.8. The van der Waals surface area contributed by atoms with Gasteiger partial charge in [-0.3, -0.25) is 0 Å². The molecular weight excluding hydrogens is 334 g/mol. The predicted octanol–water partition coefficient (Wildman–Crippen LogP) is 3.06. The molecule has 0 atom stereocenters. The second-order valence-electron chi connectivity index (χ2n) is 5.92. The van der Waals surface area contributed by atoms with Gasteiger partial charge in [0.15, 0.2) is 11.4 Å². The van der Waals surface area contributed by atoms with Gasteiger partial charge >= 0.3 is 17.7 Å². The van der Waals surface area contributed by atoms with E-state index in [1.165, 1.54) is 6.07 Å². The lowest BCUT2D eigenvalue weighted by molar-refractivity contribution is -0.0477. The highest BCUT2D eigenvalue weighted by Gasteiger charge is 2.48. The van der Waals surface area contributed by atoms with Crippen LogP contribution in [0, 0.1) is 0 Å². The first kappa shape index (κ1) is 14.7. The number of carbonyl (C=O) groups is 2. The average molecular weight is 345 g/mol. The van der Waals surface area contributed by atoms with E-state index in [-0.39, 0.29) is 22.9 Å². The van der Waals surface area contributed by atoms with E-state index in [1.807, 2.05) is 60.7 Å². The van der Waals surface area contributed by atoms with Crippen molar-refractivity contribution < 1.29 is 23.8 Å². The summed E-state index contributed by atoms with van der Waals surface area (Å²) in [6.45, 7) is 0. The van der Waals surface area contributed by atoms with Gasteiger partial charge in [0.2, 0.25) is 0 Å². The lowest BCUT2D eigenvalue weighted by Crippen LogP contribution is -2.36. The molecule has 2 aliphatic rings. The first-order valence-electron chi connectivity index (χ1n) is 7.98. The van der Waals surface area contributed by atoms with Crippen LogP contribution in [0.15, 0.2) is 66.7 Å². The number of rotatable bonds is 2. The number of esters is 2. The van der Waals surface area contributed by atoms with Crippen LogP contribution < -0.4 is 9.47 Å². The standard InChI is InChI=1S/C20H11NO5/c22-18-14-11-15-17(21-16(14)19(23)24-18)26-20(25-15,12-7-3-1-4-8-12)13-9-5-2-6-10-13/h1-11H. The van der Waals surface area contributed by atoms with Crippen molar-refractivity contribution in [1.29, 1.82) is 0 Å². The zero-order valence-corrected chi connectivity index (χ0v) is 13.3. The molecule has 26 heavy (non-hydrogen) atoms. The van der Waals surface area contributed by atoms with E-state index in [0.717, 1.165) is 11.1 Å². The number of pyridine rings is 1. The van der Waals surface area contributed by atoms with Crippen LogP contribution in [0.5, 0.6) is 11.6 Å². The van der Waals surface area contributed by atoms with Crippen LogP contribution in [0.3, 0.4) is 0 Å². The lowest BCUT2D eigenvalue weighted by atomic mass is 9.97. The van der Waals surface area contributed by atoms with Crippen molar-refractivity contribution in [3.63, 3.8) is 0 Å². The Morgan fingerprint density at radius 1 is 0.769 bits per heavy atom. The van der Waals surface area contributed by atoms with Crippen molar-refractivity contribution in [3.8, 4) is 11.6 Å². The molecule has 0 saturated carbocycles. The summed E-state index contributed by atoms with van der Waals surface area (Å²) < 4.78 is 16.9. The van der Waals surface area contributed by atoms with E-state index < -0.39 is 17.7 Å². The smallest absolute Gasteiger partial charge is 0.365 e. The minimum atomic E-state index is -1.25. The summed E-state index contributed by atoms with van der Waals surface area (Å²) in [7, 11) is 0. The van der Waals surface area contributed by atoms with E-state index in [9.17, 15) is 9.59 Å². The number of hydrogen-bond donors (Lipinski definition) is 0. The normalized spacial score (nSPS) is 16.3. The van der Waals surface area contributed by atoms with Gasteiger partial charge in [0.1, 0.15) is 0 Å². The van der Waals surface area contributed by atoms with E-state index in [1.54, 1.807) is 0 Å². The Labute approximate surface area is 148 Å².